The lowest BCUT2D eigenvalue weighted by Gasteiger charge is -2.14. The number of amides is 2. The van der Waals surface area contributed by atoms with E-state index in [0.29, 0.717) is 22.2 Å². The van der Waals surface area contributed by atoms with Crippen LogP contribution in [0.15, 0.2) is 47.4 Å². The van der Waals surface area contributed by atoms with Crippen molar-refractivity contribution in [3.63, 3.8) is 0 Å². The second-order valence-electron chi connectivity index (χ2n) is 6.21. The summed E-state index contributed by atoms with van der Waals surface area (Å²) >= 11 is 11.8. The number of benzene rings is 2. The molecule has 162 valence electrons. The minimum atomic E-state index is -4.03. The Kier molecular flexibility index (Phi) is 8.45. The third-order valence-electron chi connectivity index (χ3n) is 4.00. The minimum Gasteiger partial charge on any atom is -0.492 e. The highest BCUT2D eigenvalue weighted by molar-refractivity contribution is 7.92. The fraction of sp³-hybridized carbons (Fsp3) is 0.263. The highest BCUT2D eigenvalue weighted by atomic mass is 35.5. The highest BCUT2D eigenvalue weighted by Crippen LogP contribution is 2.27. The van der Waals surface area contributed by atoms with Gasteiger partial charge in [0.15, 0.2) is 9.84 Å². The van der Waals surface area contributed by atoms with Crippen LogP contribution in [0.1, 0.15) is 19.8 Å². The predicted molar refractivity (Wildman–Crippen MR) is 111 cm³/mol. The Balaban J connectivity index is 1.76. The molecule has 7 nitrogen and oxygen atoms in total. The summed E-state index contributed by atoms with van der Waals surface area (Å²) < 4.78 is 43.2. The van der Waals surface area contributed by atoms with Crippen molar-refractivity contribution in [2.24, 2.45) is 0 Å². The smallest absolute Gasteiger partial charge is 0.256 e. The van der Waals surface area contributed by atoms with Gasteiger partial charge in [0.05, 0.1) is 16.5 Å². The average molecular weight is 477 g/mol. The summed E-state index contributed by atoms with van der Waals surface area (Å²) in [5.41, 5.74) is 4.23. The van der Waals surface area contributed by atoms with E-state index in [1.54, 1.807) is 12.1 Å². The molecule has 0 aliphatic carbocycles. The average Bonchev–Trinajstić information content (AvgIpc) is 2.70. The van der Waals surface area contributed by atoms with Crippen molar-refractivity contribution in [3.05, 3.63) is 58.3 Å². The van der Waals surface area contributed by atoms with Crippen LogP contribution in [0.4, 0.5) is 4.39 Å². The lowest BCUT2D eigenvalue weighted by atomic mass is 10.3. The first-order valence-corrected chi connectivity index (χ1v) is 11.1. The van der Waals surface area contributed by atoms with Crippen LogP contribution in [0, 0.1) is 5.82 Å². The molecule has 2 aromatic carbocycles. The Morgan fingerprint density at radius 2 is 1.77 bits per heavy atom. The maximum absolute atomic E-state index is 13.0. The molecule has 0 aliphatic rings. The van der Waals surface area contributed by atoms with E-state index in [-0.39, 0.29) is 17.9 Å². The number of carbonyl (C=O) groups excluding carboxylic acids is 2. The van der Waals surface area contributed by atoms with E-state index in [0.717, 1.165) is 24.3 Å². The predicted octanol–water partition coefficient (Wildman–Crippen LogP) is 3.30. The molecule has 30 heavy (non-hydrogen) atoms. The lowest BCUT2D eigenvalue weighted by molar-refractivity contribution is -0.128. The molecule has 0 saturated heterocycles. The number of hydrogen-bond donors (Lipinski definition) is 2. The fourth-order valence-electron chi connectivity index (χ4n) is 2.27. The molecule has 11 heteroatoms. The number of halogens is 3. The summed E-state index contributed by atoms with van der Waals surface area (Å²) in [5.74, 6) is -1.62. The van der Waals surface area contributed by atoms with Crippen LogP contribution in [-0.4, -0.2) is 32.1 Å². The van der Waals surface area contributed by atoms with Crippen molar-refractivity contribution < 1.29 is 27.1 Å². The third kappa shape index (κ3) is 6.58. The van der Waals surface area contributed by atoms with Crippen LogP contribution >= 0.6 is 23.2 Å². The highest BCUT2D eigenvalue weighted by Gasteiger charge is 2.30. The van der Waals surface area contributed by atoms with Gasteiger partial charge in [-0.1, -0.05) is 23.2 Å². The standard InChI is InChI=1S/C19H19Cl2FN2O5S/c1-12(30(27,28)15-7-5-14(22)6-8-15)19(26)24-23-18(25)3-2-10-29-17-9-4-13(20)11-16(17)21/h4-9,11-12H,2-3,10H2,1H3,(H,23,25)(H,24,26). The zero-order valence-electron chi connectivity index (χ0n) is 15.8. The van der Waals surface area contributed by atoms with Crippen LogP contribution < -0.4 is 15.6 Å². The number of rotatable bonds is 8. The molecule has 2 N–H and O–H groups in total. The Labute approximate surface area is 183 Å². The summed E-state index contributed by atoms with van der Waals surface area (Å²) in [4.78, 5) is 23.7. The maximum atomic E-state index is 13.0. The van der Waals surface area contributed by atoms with Crippen molar-refractivity contribution >= 4 is 44.9 Å². The summed E-state index contributed by atoms with van der Waals surface area (Å²) in [6.45, 7) is 1.36. The molecule has 0 saturated carbocycles. The van der Waals surface area contributed by atoms with E-state index in [2.05, 4.69) is 10.9 Å². The van der Waals surface area contributed by atoms with Crippen molar-refractivity contribution in [2.75, 3.05) is 6.61 Å². The maximum Gasteiger partial charge on any atom is 0.256 e. The van der Waals surface area contributed by atoms with Crippen LogP contribution in [0.2, 0.25) is 10.0 Å². The zero-order chi connectivity index (χ0) is 22.3. The van der Waals surface area contributed by atoms with Crippen molar-refractivity contribution in [1.29, 1.82) is 0 Å². The SMILES string of the molecule is CC(C(=O)NNC(=O)CCCOc1ccc(Cl)cc1Cl)S(=O)(=O)c1ccc(F)cc1. The Hall–Kier alpha value is -2.36. The van der Waals surface area contributed by atoms with Gasteiger partial charge in [0.2, 0.25) is 5.91 Å². The number of ether oxygens (including phenoxy) is 1. The van der Waals surface area contributed by atoms with Crippen LogP contribution in [0.5, 0.6) is 5.75 Å². The van der Waals surface area contributed by atoms with Gasteiger partial charge in [0, 0.05) is 11.4 Å². The van der Waals surface area contributed by atoms with E-state index < -0.39 is 32.7 Å². The largest absolute Gasteiger partial charge is 0.492 e. The van der Waals surface area contributed by atoms with Crippen molar-refractivity contribution in [2.45, 2.75) is 29.9 Å². The van der Waals surface area contributed by atoms with E-state index in [1.807, 2.05) is 0 Å². The molecular weight excluding hydrogens is 458 g/mol. The molecule has 0 aliphatic heterocycles. The normalized spacial score (nSPS) is 12.1. The zero-order valence-corrected chi connectivity index (χ0v) is 18.2. The Morgan fingerprint density at radius 1 is 1.10 bits per heavy atom. The molecule has 2 amide bonds. The van der Waals surface area contributed by atoms with Gasteiger partial charge in [0.1, 0.15) is 16.8 Å². The second kappa shape index (κ2) is 10.6. The first-order chi connectivity index (χ1) is 14.1. The monoisotopic (exact) mass is 476 g/mol. The first kappa shape index (κ1) is 23.9. The number of carbonyl (C=O) groups is 2. The van der Waals surface area contributed by atoms with Gasteiger partial charge in [-0.3, -0.25) is 20.4 Å². The summed E-state index contributed by atoms with van der Waals surface area (Å²) in [6.07, 6.45) is 0.342. The van der Waals surface area contributed by atoms with Crippen LogP contribution in [0.25, 0.3) is 0 Å². The Bertz CT molecular complexity index is 1020. The van der Waals surface area contributed by atoms with E-state index in [1.165, 1.54) is 13.0 Å². The summed E-state index contributed by atoms with van der Waals surface area (Å²) in [7, 11) is -4.03. The third-order valence-corrected chi connectivity index (χ3v) is 6.61. The molecule has 1 atom stereocenters. The van der Waals surface area contributed by atoms with Gasteiger partial charge in [-0.2, -0.15) is 0 Å². The molecule has 0 aromatic heterocycles. The summed E-state index contributed by atoms with van der Waals surface area (Å²) in [6, 6.07) is 8.86. The van der Waals surface area contributed by atoms with Crippen LogP contribution in [0.3, 0.4) is 0 Å². The molecule has 0 spiro atoms. The summed E-state index contributed by atoms with van der Waals surface area (Å²) in [5, 5.41) is -0.674. The molecule has 0 bridgehead atoms. The van der Waals surface area contributed by atoms with Gasteiger partial charge in [-0.25, -0.2) is 12.8 Å². The van der Waals surface area contributed by atoms with E-state index in [4.69, 9.17) is 27.9 Å². The number of sulfone groups is 1. The van der Waals surface area contributed by atoms with Gasteiger partial charge in [-0.15, -0.1) is 0 Å². The topological polar surface area (TPSA) is 102 Å². The molecule has 0 fully saturated rings. The molecular formula is C19H19Cl2FN2O5S. The molecule has 0 radical (unpaired) electrons. The van der Waals surface area contributed by atoms with E-state index >= 15 is 0 Å². The number of nitrogens with one attached hydrogen (secondary N) is 2. The van der Waals surface area contributed by atoms with Gasteiger partial charge in [0.25, 0.3) is 5.91 Å². The fourth-order valence-corrected chi connectivity index (χ4v) is 4.00. The molecule has 2 rings (SSSR count). The Morgan fingerprint density at radius 3 is 2.40 bits per heavy atom. The van der Waals surface area contributed by atoms with Crippen LogP contribution in [-0.2, 0) is 19.4 Å². The lowest BCUT2D eigenvalue weighted by Crippen LogP contribution is -2.47. The first-order valence-electron chi connectivity index (χ1n) is 8.77. The molecule has 1 unspecified atom stereocenters. The second-order valence-corrected chi connectivity index (χ2v) is 9.32. The van der Waals surface area contributed by atoms with Crippen molar-refractivity contribution in [1.82, 2.24) is 10.9 Å². The number of hydrogen-bond acceptors (Lipinski definition) is 5. The minimum absolute atomic E-state index is 0.0184. The molecule has 0 heterocycles. The number of hydrazine groups is 1. The van der Waals surface area contributed by atoms with Gasteiger partial charge in [-0.05, 0) is 55.8 Å². The van der Waals surface area contributed by atoms with Crippen molar-refractivity contribution in [3.8, 4) is 5.75 Å². The van der Waals surface area contributed by atoms with E-state index in [9.17, 15) is 22.4 Å². The van der Waals surface area contributed by atoms with Gasteiger partial charge >= 0.3 is 0 Å². The molecule has 2 aromatic rings. The van der Waals surface area contributed by atoms with Gasteiger partial charge < -0.3 is 4.74 Å². The quantitative estimate of drug-likeness (QED) is 0.345.